The van der Waals surface area contributed by atoms with Gasteiger partial charge in [-0.05, 0) is 31.6 Å². The first-order valence-corrected chi connectivity index (χ1v) is 13.2. The molecule has 1 spiro atoms. The normalized spacial score (nSPS) is 26.4. The van der Waals surface area contributed by atoms with E-state index in [9.17, 15) is 14.7 Å². The highest BCUT2D eigenvalue weighted by Crippen LogP contribution is 2.52. The molecule has 1 saturated heterocycles. The molecule has 34 heavy (non-hydrogen) atoms. The third-order valence-electron chi connectivity index (χ3n) is 9.22. The van der Waals surface area contributed by atoms with Gasteiger partial charge in [-0.1, -0.05) is 51.9 Å². The van der Waals surface area contributed by atoms with Crippen molar-refractivity contribution in [2.45, 2.75) is 89.7 Å². The Hall–Kier alpha value is -2.22. The zero-order valence-electron chi connectivity index (χ0n) is 20.7. The van der Waals surface area contributed by atoms with E-state index in [0.29, 0.717) is 36.5 Å². The van der Waals surface area contributed by atoms with Crippen molar-refractivity contribution in [2.24, 2.45) is 24.3 Å². The van der Waals surface area contributed by atoms with Crippen LogP contribution < -0.4 is 5.56 Å². The molecule has 2 aromatic rings. The minimum Gasteiger partial charge on any atom is -0.387 e. The third kappa shape index (κ3) is 3.97. The minimum absolute atomic E-state index is 0.0344. The molecule has 0 radical (unpaired) electrons. The number of hydrogen-bond donors (Lipinski definition) is 1. The molecular formula is C26H39N5O3. The molecule has 0 aromatic carbocycles. The first-order chi connectivity index (χ1) is 16.3. The second-order valence-corrected chi connectivity index (χ2v) is 11.3. The quantitative estimate of drug-likeness (QED) is 0.726. The average molecular weight is 470 g/mol. The minimum atomic E-state index is -1.04. The zero-order chi connectivity index (χ0) is 23.9. The van der Waals surface area contributed by atoms with Gasteiger partial charge in [-0.3, -0.25) is 14.3 Å². The monoisotopic (exact) mass is 469 g/mol. The summed E-state index contributed by atoms with van der Waals surface area (Å²) in [5.74, 6) is 0.958. The number of aliphatic hydroxyl groups is 1. The highest BCUT2D eigenvalue weighted by molar-refractivity contribution is 5.78. The number of amides is 1. The molecule has 0 bridgehead atoms. The van der Waals surface area contributed by atoms with E-state index in [1.54, 1.807) is 15.6 Å². The zero-order valence-corrected chi connectivity index (χ0v) is 20.7. The summed E-state index contributed by atoms with van der Waals surface area (Å²) < 4.78 is 3.35. The van der Waals surface area contributed by atoms with Gasteiger partial charge in [-0.15, -0.1) is 0 Å². The van der Waals surface area contributed by atoms with Crippen molar-refractivity contribution in [1.29, 1.82) is 0 Å². The smallest absolute Gasteiger partial charge is 0.277 e. The summed E-state index contributed by atoms with van der Waals surface area (Å²) in [6.45, 7) is 3.45. The lowest BCUT2D eigenvalue weighted by Gasteiger charge is -2.52. The summed E-state index contributed by atoms with van der Waals surface area (Å²) in [4.78, 5) is 36.9. The SMILES string of the molecule is CC(CC1CCCCC1)C(=O)N1CCC(O)(Cn2c(=O)c3cncnc3n2C)C2(CCCC2)C1. The van der Waals surface area contributed by atoms with Gasteiger partial charge in [0.05, 0.1) is 12.1 Å². The van der Waals surface area contributed by atoms with Crippen molar-refractivity contribution in [2.75, 3.05) is 13.1 Å². The predicted octanol–water partition coefficient (Wildman–Crippen LogP) is 3.26. The summed E-state index contributed by atoms with van der Waals surface area (Å²) in [6, 6.07) is 0. The van der Waals surface area contributed by atoms with Crippen LogP contribution in [0.25, 0.3) is 11.0 Å². The van der Waals surface area contributed by atoms with E-state index < -0.39 is 5.60 Å². The van der Waals surface area contributed by atoms with E-state index in [4.69, 9.17) is 0 Å². The summed E-state index contributed by atoms with van der Waals surface area (Å²) in [6.07, 6.45) is 14.8. The largest absolute Gasteiger partial charge is 0.387 e. The molecule has 3 heterocycles. The van der Waals surface area contributed by atoms with Gasteiger partial charge >= 0.3 is 0 Å². The number of likely N-dealkylation sites (tertiary alicyclic amines) is 1. The van der Waals surface area contributed by atoms with E-state index in [1.165, 1.54) is 38.4 Å². The first-order valence-electron chi connectivity index (χ1n) is 13.2. The van der Waals surface area contributed by atoms with Crippen molar-refractivity contribution in [1.82, 2.24) is 24.2 Å². The first kappa shape index (κ1) is 23.5. The van der Waals surface area contributed by atoms with E-state index in [1.807, 2.05) is 11.9 Å². The lowest BCUT2D eigenvalue weighted by atomic mass is 9.65. The van der Waals surface area contributed by atoms with Crippen LogP contribution in [-0.4, -0.2) is 53.9 Å². The number of rotatable bonds is 5. The number of nitrogens with zero attached hydrogens (tertiary/aromatic N) is 5. The van der Waals surface area contributed by atoms with Crippen LogP contribution in [-0.2, 0) is 18.4 Å². The number of aryl methyl sites for hydroxylation is 1. The summed E-state index contributed by atoms with van der Waals surface area (Å²) >= 11 is 0. The van der Waals surface area contributed by atoms with Gasteiger partial charge in [0.2, 0.25) is 5.91 Å². The lowest BCUT2D eigenvalue weighted by Crippen LogP contribution is -2.62. The molecule has 2 aliphatic carbocycles. The fourth-order valence-corrected chi connectivity index (χ4v) is 7.17. The van der Waals surface area contributed by atoms with E-state index in [0.717, 1.165) is 32.1 Å². The van der Waals surface area contributed by atoms with Gasteiger partial charge in [0, 0.05) is 37.7 Å². The molecule has 1 amide bonds. The Labute approximate surface area is 201 Å². The number of hydrogen-bond acceptors (Lipinski definition) is 5. The fraction of sp³-hybridized carbons (Fsp3) is 0.769. The number of fused-ring (bicyclic) bond motifs is 1. The number of carbonyl (C=O) groups excluding carboxylic acids is 1. The maximum absolute atomic E-state index is 13.5. The van der Waals surface area contributed by atoms with E-state index in [-0.39, 0.29) is 29.3 Å². The Morgan fingerprint density at radius 1 is 1.18 bits per heavy atom. The van der Waals surface area contributed by atoms with Gasteiger partial charge in [0.1, 0.15) is 11.7 Å². The molecule has 2 atom stereocenters. The topological polar surface area (TPSA) is 93.2 Å². The highest BCUT2D eigenvalue weighted by atomic mass is 16.3. The van der Waals surface area contributed by atoms with Crippen LogP contribution >= 0.6 is 0 Å². The number of piperidine rings is 1. The van der Waals surface area contributed by atoms with Crippen LogP contribution in [0.5, 0.6) is 0 Å². The van der Waals surface area contributed by atoms with Crippen molar-refractivity contribution in [3.63, 3.8) is 0 Å². The van der Waals surface area contributed by atoms with Gasteiger partial charge in [0.15, 0.2) is 5.65 Å². The second kappa shape index (κ2) is 9.10. The number of aromatic nitrogens is 4. The predicted molar refractivity (Wildman–Crippen MR) is 130 cm³/mol. The molecule has 8 heteroatoms. The summed E-state index contributed by atoms with van der Waals surface area (Å²) in [5.41, 5.74) is -0.994. The van der Waals surface area contributed by atoms with E-state index >= 15 is 0 Å². The van der Waals surface area contributed by atoms with Crippen LogP contribution in [0.4, 0.5) is 0 Å². The van der Waals surface area contributed by atoms with Gasteiger partial charge < -0.3 is 10.0 Å². The van der Waals surface area contributed by atoms with E-state index in [2.05, 4.69) is 16.9 Å². The molecule has 2 aromatic heterocycles. The molecule has 5 rings (SSSR count). The van der Waals surface area contributed by atoms with Crippen LogP contribution in [0, 0.1) is 17.3 Å². The Kier molecular flexibility index (Phi) is 6.29. The Morgan fingerprint density at radius 2 is 1.91 bits per heavy atom. The third-order valence-corrected chi connectivity index (χ3v) is 9.22. The summed E-state index contributed by atoms with van der Waals surface area (Å²) in [7, 11) is 1.81. The Bertz CT molecular complexity index is 1100. The molecule has 3 aliphatic rings. The molecule has 1 aliphatic heterocycles. The molecule has 186 valence electrons. The Morgan fingerprint density at radius 3 is 2.62 bits per heavy atom. The van der Waals surface area contributed by atoms with Crippen molar-refractivity contribution < 1.29 is 9.90 Å². The van der Waals surface area contributed by atoms with Crippen LogP contribution in [0.15, 0.2) is 17.3 Å². The molecule has 3 fully saturated rings. The maximum Gasteiger partial charge on any atom is 0.277 e. The van der Waals surface area contributed by atoms with Gasteiger partial charge in [0.25, 0.3) is 5.56 Å². The lowest BCUT2D eigenvalue weighted by molar-refractivity contribution is -0.164. The Balaban J connectivity index is 1.36. The standard InChI is InChI=1S/C26H39N5O3/c1-19(14-20-8-4-3-5-9-20)23(32)30-13-12-26(34,25(16-30)10-6-7-11-25)17-31-24(33)21-15-27-18-28-22(21)29(31)2/h15,18-20,34H,3-14,16-17H2,1-2H3. The van der Waals surface area contributed by atoms with Crippen molar-refractivity contribution in [3.8, 4) is 0 Å². The average Bonchev–Trinajstić information content (AvgIpc) is 3.41. The maximum atomic E-state index is 13.5. The number of carbonyl (C=O) groups is 1. The molecule has 2 saturated carbocycles. The molecular weight excluding hydrogens is 430 g/mol. The van der Waals surface area contributed by atoms with Crippen molar-refractivity contribution >= 4 is 16.9 Å². The van der Waals surface area contributed by atoms with Gasteiger partial charge in [-0.25, -0.2) is 14.6 Å². The summed E-state index contributed by atoms with van der Waals surface area (Å²) in [5, 5.41) is 12.6. The molecule has 1 N–H and O–H groups in total. The van der Waals surface area contributed by atoms with Crippen LogP contribution in [0.2, 0.25) is 0 Å². The highest BCUT2D eigenvalue weighted by Gasteiger charge is 2.56. The van der Waals surface area contributed by atoms with Crippen LogP contribution in [0.3, 0.4) is 0 Å². The molecule has 8 nitrogen and oxygen atoms in total. The van der Waals surface area contributed by atoms with Gasteiger partial charge in [-0.2, -0.15) is 0 Å². The second-order valence-electron chi connectivity index (χ2n) is 11.3. The fourth-order valence-electron chi connectivity index (χ4n) is 7.17. The van der Waals surface area contributed by atoms with Crippen molar-refractivity contribution in [3.05, 3.63) is 22.9 Å². The molecule has 2 unspecified atom stereocenters. The van der Waals surface area contributed by atoms with Crippen LogP contribution in [0.1, 0.15) is 77.6 Å².